The minimum atomic E-state index is -0.678. The molecule has 71 heavy (non-hydrogen) atoms. The molecular formula is C51H64N14O6. The summed E-state index contributed by atoms with van der Waals surface area (Å²) < 4.78 is 30.0. The molecule has 2 fully saturated rings. The predicted octanol–water partition coefficient (Wildman–Crippen LogP) is 8.08. The second-order valence-corrected chi connectivity index (χ2v) is 20.9. The molecule has 7 aromatic rings. The van der Waals surface area contributed by atoms with Gasteiger partial charge in [-0.15, -0.1) is 0 Å². The standard InChI is InChI=1S/C29H35N7O3.C22H29N7O3/c1-29(2,3)39-28(37)36(26-15-24-18-38-12-11-34(24)33-26)25-14-22(17-35-27(25)31-19-32-35)21-9-10-23(13-21)30-16-20-7-5-4-6-8-20;1-22(2,3)32-21(30)29(19-10-17-12-31-7-6-27(17)26-19)18-9-15(14-4-5-16(23)8-14)11-28-20(18)24-13-25-28/h4-8,14-15,17,19,21,23,30H,9-13,16,18H2,1-3H3;9-11,13-14,16H,4-8,12,23H2,1-3H3. The van der Waals surface area contributed by atoms with Crippen LogP contribution in [0.1, 0.15) is 120 Å². The summed E-state index contributed by atoms with van der Waals surface area (Å²) in [7, 11) is 0. The zero-order valence-corrected chi connectivity index (χ0v) is 41.4. The molecule has 4 unspecified atom stereocenters. The first-order valence-corrected chi connectivity index (χ1v) is 24.7. The largest absolute Gasteiger partial charge is 0.443 e. The van der Waals surface area contributed by atoms with Gasteiger partial charge < -0.3 is 30.0 Å². The van der Waals surface area contributed by atoms with Gasteiger partial charge in [0.1, 0.15) is 23.9 Å². The van der Waals surface area contributed by atoms with Crippen molar-refractivity contribution >= 4 is 46.5 Å². The average molecular weight is 969 g/mol. The van der Waals surface area contributed by atoms with Gasteiger partial charge >= 0.3 is 12.2 Å². The highest BCUT2D eigenvalue weighted by Gasteiger charge is 2.35. The van der Waals surface area contributed by atoms with E-state index in [-0.39, 0.29) is 6.04 Å². The van der Waals surface area contributed by atoms with Gasteiger partial charge in [0.05, 0.1) is 62.3 Å². The van der Waals surface area contributed by atoms with Crippen LogP contribution in [0.5, 0.6) is 0 Å². The fourth-order valence-corrected chi connectivity index (χ4v) is 9.90. The number of nitrogens with one attached hydrogen (secondary N) is 1. The second-order valence-electron chi connectivity index (χ2n) is 20.9. The van der Waals surface area contributed by atoms with Crippen molar-refractivity contribution in [1.29, 1.82) is 0 Å². The normalized spacial score (nSPS) is 20.0. The summed E-state index contributed by atoms with van der Waals surface area (Å²) >= 11 is 0. The van der Waals surface area contributed by atoms with Gasteiger partial charge in [0, 0.05) is 43.2 Å². The predicted molar refractivity (Wildman–Crippen MR) is 265 cm³/mol. The lowest BCUT2D eigenvalue weighted by Gasteiger charge is -2.27. The van der Waals surface area contributed by atoms with Gasteiger partial charge in [-0.2, -0.15) is 20.4 Å². The summed E-state index contributed by atoms with van der Waals surface area (Å²) in [4.78, 5) is 39.1. The minimum Gasteiger partial charge on any atom is -0.443 e. The molecule has 20 nitrogen and oxygen atoms in total. The second kappa shape index (κ2) is 19.8. The van der Waals surface area contributed by atoms with Crippen molar-refractivity contribution in [2.45, 2.75) is 148 Å². The summed E-state index contributed by atoms with van der Waals surface area (Å²) in [6.45, 7) is 15.3. The van der Waals surface area contributed by atoms with Crippen molar-refractivity contribution in [2.24, 2.45) is 5.73 Å². The molecule has 0 spiro atoms. The number of carbonyl (C=O) groups is 2. The lowest BCUT2D eigenvalue weighted by atomic mass is 9.98. The van der Waals surface area contributed by atoms with Gasteiger partial charge in [0.2, 0.25) is 0 Å². The van der Waals surface area contributed by atoms with Gasteiger partial charge in [-0.05, 0) is 121 Å². The number of anilines is 4. The lowest BCUT2D eigenvalue weighted by molar-refractivity contribution is 0.0586. The van der Waals surface area contributed by atoms with E-state index in [1.807, 2.05) is 87.6 Å². The van der Waals surface area contributed by atoms with Gasteiger partial charge in [-0.3, -0.25) is 9.36 Å². The summed E-state index contributed by atoms with van der Waals surface area (Å²) in [5, 5.41) is 22.0. The first kappa shape index (κ1) is 47.9. The Bertz CT molecular complexity index is 2960. The monoisotopic (exact) mass is 969 g/mol. The van der Waals surface area contributed by atoms with Crippen molar-refractivity contribution in [3.05, 3.63) is 108 Å². The van der Waals surface area contributed by atoms with Crippen LogP contribution in [-0.4, -0.2) is 97.4 Å². The van der Waals surface area contributed by atoms with E-state index in [1.54, 1.807) is 9.03 Å². The molecule has 8 heterocycles. The molecule has 374 valence electrons. The number of nitrogens with two attached hydrogens (primary N) is 1. The van der Waals surface area contributed by atoms with Gasteiger partial charge in [0.25, 0.3) is 0 Å². The van der Waals surface area contributed by atoms with Crippen LogP contribution in [0.15, 0.2) is 79.6 Å². The molecule has 0 saturated heterocycles. The maximum absolute atomic E-state index is 13.7. The number of aromatic nitrogens is 10. The van der Waals surface area contributed by atoms with Crippen LogP contribution in [0.25, 0.3) is 11.3 Å². The van der Waals surface area contributed by atoms with Crippen molar-refractivity contribution < 1.29 is 28.5 Å². The number of fused-ring (bicyclic) bond motifs is 4. The van der Waals surface area contributed by atoms with E-state index in [1.165, 1.54) is 28.0 Å². The fourth-order valence-electron chi connectivity index (χ4n) is 9.90. The molecule has 2 amide bonds. The van der Waals surface area contributed by atoms with Crippen LogP contribution >= 0.6 is 0 Å². The van der Waals surface area contributed by atoms with E-state index in [9.17, 15) is 9.59 Å². The molecule has 1 aromatic carbocycles. The topological polar surface area (TPSA) is 212 Å². The first-order valence-electron chi connectivity index (χ1n) is 24.7. The third kappa shape index (κ3) is 10.8. The van der Waals surface area contributed by atoms with Crippen LogP contribution in [0, 0.1) is 0 Å². The quantitative estimate of drug-likeness (QED) is 0.140. The molecule has 11 rings (SSSR count). The minimum absolute atomic E-state index is 0.191. The summed E-state index contributed by atoms with van der Waals surface area (Å²) in [6, 6.07) is 18.9. The molecule has 2 aliphatic carbocycles. The molecule has 20 heteroatoms. The number of pyridine rings is 2. The first-order chi connectivity index (χ1) is 34.1. The maximum atomic E-state index is 13.7. The average Bonchev–Trinajstić information content (AvgIpc) is 4.20. The Labute approximate surface area is 412 Å². The molecule has 0 radical (unpaired) electrons. The zero-order valence-electron chi connectivity index (χ0n) is 41.4. The fraction of sp³-hybridized carbons (Fsp3) is 0.490. The van der Waals surface area contributed by atoms with E-state index in [0.717, 1.165) is 67.6 Å². The lowest BCUT2D eigenvalue weighted by Crippen LogP contribution is -2.34. The Morgan fingerprint density at radius 3 is 1.69 bits per heavy atom. The third-order valence-electron chi connectivity index (χ3n) is 13.2. The van der Waals surface area contributed by atoms with E-state index in [4.69, 9.17) is 34.9 Å². The molecule has 3 N–H and O–H groups in total. The smallest absolute Gasteiger partial charge is 0.420 e. The molecule has 2 aliphatic heterocycles. The molecule has 4 atom stereocenters. The van der Waals surface area contributed by atoms with E-state index in [0.29, 0.717) is 91.7 Å². The Morgan fingerprint density at radius 2 is 1.21 bits per heavy atom. The number of hydrogen-bond acceptors (Lipinski definition) is 14. The maximum Gasteiger partial charge on any atom is 0.420 e. The third-order valence-corrected chi connectivity index (χ3v) is 13.2. The van der Waals surface area contributed by atoms with Gasteiger partial charge in [-0.1, -0.05) is 30.3 Å². The SMILES string of the molecule is CC(C)(C)OC(=O)N(c1cc2n(n1)CCOC2)c1cc(C2CCC(N)C2)cn2ncnc12.CC(C)(C)OC(=O)N(c1cc2n(n1)CCOC2)c1cc(C2CCC(NCc3ccccc3)C2)cn2ncnc12. The van der Waals surface area contributed by atoms with Crippen molar-refractivity contribution in [3.63, 3.8) is 0 Å². The number of benzene rings is 1. The van der Waals surface area contributed by atoms with E-state index < -0.39 is 23.4 Å². The van der Waals surface area contributed by atoms with Crippen LogP contribution in [-0.2, 0) is 51.8 Å². The van der Waals surface area contributed by atoms with Crippen LogP contribution in [0.2, 0.25) is 0 Å². The highest BCUT2D eigenvalue weighted by atomic mass is 16.6. The molecule has 2 saturated carbocycles. The van der Waals surface area contributed by atoms with Gasteiger partial charge in [0.15, 0.2) is 22.9 Å². The Kier molecular flexibility index (Phi) is 13.4. The van der Waals surface area contributed by atoms with Crippen molar-refractivity contribution in [2.75, 3.05) is 23.0 Å². The number of ether oxygens (including phenoxy) is 4. The molecule has 4 aliphatic rings. The highest BCUT2D eigenvalue weighted by molar-refractivity contribution is 6.00. The Balaban J connectivity index is 0.000000167. The summed E-state index contributed by atoms with van der Waals surface area (Å²) in [6.07, 6.45) is 12.0. The van der Waals surface area contributed by atoms with Crippen molar-refractivity contribution in [3.8, 4) is 0 Å². The van der Waals surface area contributed by atoms with E-state index in [2.05, 4.69) is 55.8 Å². The number of carbonyl (C=O) groups excluding carboxylic acids is 2. The van der Waals surface area contributed by atoms with E-state index >= 15 is 0 Å². The molecular weight excluding hydrogens is 905 g/mol. The van der Waals surface area contributed by atoms with Crippen LogP contribution in [0.4, 0.5) is 32.6 Å². The van der Waals surface area contributed by atoms with Crippen LogP contribution in [0.3, 0.4) is 0 Å². The Hall–Kier alpha value is -6.74. The summed E-state index contributed by atoms with van der Waals surface area (Å²) in [5.74, 6) is 1.60. The summed E-state index contributed by atoms with van der Waals surface area (Å²) in [5.41, 5.74) is 12.5. The van der Waals surface area contributed by atoms with Crippen molar-refractivity contribution in [1.82, 2.24) is 54.1 Å². The molecule has 6 aromatic heterocycles. The highest BCUT2D eigenvalue weighted by Crippen LogP contribution is 2.40. The van der Waals surface area contributed by atoms with Gasteiger partial charge in [-0.25, -0.2) is 38.4 Å². The zero-order chi connectivity index (χ0) is 49.4. The number of hydrogen-bond donors (Lipinski definition) is 2. The number of amides is 2. The molecule has 0 bridgehead atoms. The number of nitrogens with zero attached hydrogens (tertiary/aromatic N) is 12. The number of rotatable bonds is 9. The Morgan fingerprint density at radius 1 is 0.704 bits per heavy atom. The van der Waals surface area contributed by atoms with Crippen LogP contribution < -0.4 is 20.9 Å².